The third-order valence-corrected chi connectivity index (χ3v) is 1.46. The van der Waals surface area contributed by atoms with Gasteiger partial charge in [0.05, 0.1) is 12.5 Å². The number of nitrogens with one attached hydrogen (secondary N) is 1. The van der Waals surface area contributed by atoms with Gasteiger partial charge in [0.25, 0.3) is 0 Å². The van der Waals surface area contributed by atoms with E-state index in [0.717, 1.165) is 6.42 Å². The summed E-state index contributed by atoms with van der Waals surface area (Å²) < 4.78 is 0. The van der Waals surface area contributed by atoms with Crippen LogP contribution in [-0.2, 0) is 4.79 Å². The third-order valence-electron chi connectivity index (χ3n) is 1.46. The molecule has 1 atom stereocenters. The molecule has 0 saturated carbocycles. The maximum absolute atomic E-state index is 10.9. The number of carbonyl (C=O) groups is 1. The fourth-order valence-electron chi connectivity index (χ4n) is 0.695. The summed E-state index contributed by atoms with van der Waals surface area (Å²) in [5.41, 5.74) is 0. The second-order valence-electron chi connectivity index (χ2n) is 2.62. The zero-order valence-electron chi connectivity index (χ0n) is 7.26. The Hall–Kier alpha value is -0.570. The molecule has 1 amide bonds. The zero-order chi connectivity index (χ0) is 8.69. The molecule has 1 unspecified atom stereocenters. The highest BCUT2D eigenvalue weighted by molar-refractivity contribution is 5.76. The highest BCUT2D eigenvalue weighted by Gasteiger charge is 2.06. The van der Waals surface area contributed by atoms with Crippen molar-refractivity contribution < 1.29 is 9.90 Å². The maximum atomic E-state index is 10.9. The Bertz CT molecular complexity index is 116. The largest absolute Gasteiger partial charge is 0.393 e. The molecule has 0 aromatic heterocycles. The molecule has 0 heterocycles. The van der Waals surface area contributed by atoms with E-state index in [-0.39, 0.29) is 42.0 Å². The Morgan fingerprint density at radius 2 is 1.67 bits per heavy atom. The average Bonchev–Trinajstić information content (AvgIpc) is 2.00. The highest BCUT2D eigenvalue weighted by atomic mass is 16.3. The topological polar surface area (TPSA) is 49.3 Å². The first-order valence-electron chi connectivity index (χ1n) is 4.15. The van der Waals surface area contributed by atoms with Crippen LogP contribution < -0.4 is 5.32 Å². The molecule has 3 heteroatoms. The highest BCUT2D eigenvalue weighted by Crippen LogP contribution is 1.95. The lowest BCUT2D eigenvalue weighted by molar-refractivity contribution is -0.123. The number of rotatable bonds is 5. The van der Waals surface area contributed by atoms with E-state index in [9.17, 15) is 4.79 Å². The van der Waals surface area contributed by atoms with Gasteiger partial charge in [0.1, 0.15) is 0 Å². The van der Waals surface area contributed by atoms with Gasteiger partial charge in [-0.1, -0.05) is 43.6 Å². The van der Waals surface area contributed by atoms with Crippen LogP contribution >= 0.6 is 0 Å². The van der Waals surface area contributed by atoms with Crippen LogP contribution in [0.25, 0.3) is 0 Å². The van der Waals surface area contributed by atoms with Crippen molar-refractivity contribution in [3.63, 3.8) is 0 Å². The SMILES string of the molecule is C.C.C.C.CCCNC(=O)CC(O)CC. The van der Waals surface area contributed by atoms with Crippen LogP contribution in [0.3, 0.4) is 0 Å². The smallest absolute Gasteiger partial charge is 0.222 e. The monoisotopic (exact) mass is 223 g/mol. The summed E-state index contributed by atoms with van der Waals surface area (Å²) in [6.07, 6.45) is 1.33. The summed E-state index contributed by atoms with van der Waals surface area (Å²) in [6.45, 7) is 4.56. The van der Waals surface area contributed by atoms with Crippen molar-refractivity contribution in [2.45, 2.75) is 68.9 Å². The molecule has 0 aliphatic rings. The van der Waals surface area contributed by atoms with E-state index < -0.39 is 6.10 Å². The van der Waals surface area contributed by atoms with Crippen LogP contribution in [0.15, 0.2) is 0 Å². The van der Waals surface area contributed by atoms with E-state index >= 15 is 0 Å². The first-order chi connectivity index (χ1) is 5.20. The fraction of sp³-hybridized carbons (Fsp3) is 0.917. The normalized spacial score (nSPS) is 9.27. The minimum atomic E-state index is -0.480. The molecule has 2 N–H and O–H groups in total. The molecule has 0 aromatic carbocycles. The van der Waals surface area contributed by atoms with Gasteiger partial charge < -0.3 is 10.4 Å². The Kier molecular flexibility index (Phi) is 37.2. The molecule has 0 bridgehead atoms. The van der Waals surface area contributed by atoms with Gasteiger partial charge >= 0.3 is 0 Å². The van der Waals surface area contributed by atoms with Crippen LogP contribution in [0.5, 0.6) is 0 Å². The van der Waals surface area contributed by atoms with Crippen LogP contribution in [0, 0.1) is 0 Å². The van der Waals surface area contributed by atoms with E-state index in [4.69, 9.17) is 5.11 Å². The summed E-state index contributed by atoms with van der Waals surface area (Å²) >= 11 is 0. The minimum Gasteiger partial charge on any atom is -0.393 e. The van der Waals surface area contributed by atoms with E-state index in [0.29, 0.717) is 13.0 Å². The second kappa shape index (κ2) is 19.1. The summed E-state index contributed by atoms with van der Waals surface area (Å²) in [4.78, 5) is 10.9. The number of hydrogen-bond donors (Lipinski definition) is 2. The maximum Gasteiger partial charge on any atom is 0.222 e. The lowest BCUT2D eigenvalue weighted by Crippen LogP contribution is -2.27. The van der Waals surface area contributed by atoms with Crippen LogP contribution in [-0.4, -0.2) is 23.7 Å². The zero-order valence-corrected chi connectivity index (χ0v) is 7.26. The van der Waals surface area contributed by atoms with Crippen LogP contribution in [0.2, 0.25) is 0 Å². The van der Waals surface area contributed by atoms with Gasteiger partial charge in [-0.25, -0.2) is 0 Å². The van der Waals surface area contributed by atoms with E-state index in [1.165, 1.54) is 0 Å². The van der Waals surface area contributed by atoms with Gasteiger partial charge in [-0.05, 0) is 12.8 Å². The summed E-state index contributed by atoms with van der Waals surface area (Å²) in [5, 5.41) is 11.8. The van der Waals surface area contributed by atoms with Crippen molar-refractivity contribution in [1.82, 2.24) is 5.32 Å². The van der Waals surface area contributed by atoms with E-state index in [1.54, 1.807) is 0 Å². The molecule has 0 aliphatic heterocycles. The van der Waals surface area contributed by atoms with Gasteiger partial charge in [-0.2, -0.15) is 0 Å². The molecular weight excluding hydrogens is 190 g/mol. The predicted octanol–water partition coefficient (Wildman–Crippen LogP) is 3.22. The summed E-state index contributed by atoms with van der Waals surface area (Å²) in [6, 6.07) is 0. The standard InChI is InChI=1S/C8H17NO2.4CH4/c1-3-5-9-8(11)6-7(10)4-2;;;;/h7,10H,3-6H2,1-2H3,(H,9,11);4*1H4. The molecule has 3 nitrogen and oxygen atoms in total. The molecule has 0 rings (SSSR count). The second-order valence-corrected chi connectivity index (χ2v) is 2.62. The van der Waals surface area contributed by atoms with E-state index in [1.807, 2.05) is 13.8 Å². The minimum absolute atomic E-state index is 0. The molecule has 0 saturated heterocycles. The van der Waals surface area contributed by atoms with Crippen LogP contribution in [0.4, 0.5) is 0 Å². The first-order valence-corrected chi connectivity index (χ1v) is 4.15. The average molecular weight is 223 g/mol. The first kappa shape index (κ1) is 29.3. The van der Waals surface area contributed by atoms with Gasteiger partial charge in [-0.15, -0.1) is 0 Å². The lowest BCUT2D eigenvalue weighted by atomic mass is 10.2. The molecule has 98 valence electrons. The van der Waals surface area contributed by atoms with Crippen LogP contribution in [0.1, 0.15) is 62.8 Å². The van der Waals surface area contributed by atoms with Crippen molar-refractivity contribution >= 4 is 5.91 Å². The third kappa shape index (κ3) is 19.7. The predicted molar refractivity (Wildman–Crippen MR) is 71.1 cm³/mol. The van der Waals surface area contributed by atoms with E-state index in [2.05, 4.69) is 5.32 Å². The Morgan fingerprint density at radius 1 is 1.20 bits per heavy atom. The van der Waals surface area contributed by atoms with Crippen molar-refractivity contribution in [3.05, 3.63) is 0 Å². The molecule has 0 aliphatic carbocycles. The lowest BCUT2D eigenvalue weighted by Gasteiger charge is -2.06. The van der Waals surface area contributed by atoms with Crippen molar-refractivity contribution in [2.24, 2.45) is 0 Å². The summed E-state index contributed by atoms with van der Waals surface area (Å²) in [7, 11) is 0. The molecular formula is C12H33NO2. The van der Waals surface area contributed by atoms with Gasteiger partial charge in [0, 0.05) is 6.54 Å². The van der Waals surface area contributed by atoms with Gasteiger partial charge in [-0.3, -0.25) is 4.79 Å². The van der Waals surface area contributed by atoms with Crippen molar-refractivity contribution in [3.8, 4) is 0 Å². The number of amides is 1. The Labute approximate surface area is 97.3 Å². The molecule has 0 spiro atoms. The van der Waals surface area contributed by atoms with Gasteiger partial charge in [0.15, 0.2) is 0 Å². The Morgan fingerprint density at radius 3 is 2.00 bits per heavy atom. The van der Waals surface area contributed by atoms with Crippen molar-refractivity contribution in [2.75, 3.05) is 6.54 Å². The molecule has 0 aromatic rings. The Balaban J connectivity index is -0.0000000833. The number of carbonyl (C=O) groups excluding carboxylic acids is 1. The molecule has 15 heavy (non-hydrogen) atoms. The quantitative estimate of drug-likeness (QED) is 0.752. The number of hydrogen-bond acceptors (Lipinski definition) is 2. The fourth-order valence-corrected chi connectivity index (χ4v) is 0.695. The molecule has 0 radical (unpaired) electrons. The number of aliphatic hydroxyl groups excluding tert-OH is 1. The summed E-state index contributed by atoms with van der Waals surface area (Å²) in [5.74, 6) is -0.0544. The van der Waals surface area contributed by atoms with Crippen molar-refractivity contribution in [1.29, 1.82) is 0 Å². The van der Waals surface area contributed by atoms with Gasteiger partial charge in [0.2, 0.25) is 5.91 Å². The molecule has 0 fully saturated rings. The number of aliphatic hydroxyl groups is 1.